The van der Waals surface area contributed by atoms with Crippen molar-refractivity contribution in [2.24, 2.45) is 0 Å². The predicted octanol–water partition coefficient (Wildman–Crippen LogP) is 2.55. The fraction of sp³-hybridized carbons (Fsp3) is 0.733. The quantitative estimate of drug-likeness (QED) is 0.877. The summed E-state index contributed by atoms with van der Waals surface area (Å²) in [7, 11) is -2.90. The molecule has 5 heteroatoms. The van der Waals surface area contributed by atoms with Crippen LogP contribution in [-0.2, 0) is 16.3 Å². The second kappa shape index (κ2) is 6.76. The van der Waals surface area contributed by atoms with Crippen LogP contribution in [0.2, 0.25) is 0 Å². The van der Waals surface area contributed by atoms with Crippen molar-refractivity contribution < 1.29 is 12.8 Å². The van der Waals surface area contributed by atoms with Gasteiger partial charge in [0.1, 0.15) is 15.6 Å². The molecule has 114 valence electrons. The fourth-order valence-electron chi connectivity index (χ4n) is 2.98. The molecule has 20 heavy (non-hydrogen) atoms. The molecule has 4 nitrogen and oxygen atoms in total. The molecule has 0 amide bonds. The molecule has 3 unspecified atom stereocenters. The molecule has 3 atom stereocenters. The van der Waals surface area contributed by atoms with Crippen molar-refractivity contribution in [2.75, 3.05) is 6.26 Å². The van der Waals surface area contributed by atoms with Gasteiger partial charge in [-0.25, -0.2) is 8.42 Å². The number of sulfone groups is 1. The number of rotatable bonds is 6. The maximum Gasteiger partial charge on any atom is 0.150 e. The Morgan fingerprint density at radius 2 is 2.25 bits per heavy atom. The molecule has 1 saturated carbocycles. The van der Waals surface area contributed by atoms with Crippen LogP contribution in [0, 0.1) is 0 Å². The van der Waals surface area contributed by atoms with Gasteiger partial charge in [-0.2, -0.15) is 0 Å². The first-order valence-corrected chi connectivity index (χ1v) is 9.38. The molecular weight excluding hydrogens is 274 g/mol. The van der Waals surface area contributed by atoms with Gasteiger partial charge in [0.2, 0.25) is 0 Å². The highest BCUT2D eigenvalue weighted by molar-refractivity contribution is 7.91. The normalized spacial score (nSPS) is 25.5. The molecule has 2 rings (SSSR count). The standard InChI is InChI=1S/C15H25NO3S/c1-12(8-9-14-6-4-10-19-14)16-13-5-3-7-15(11-13)20(2,17)18/h4,6,10,12-13,15-16H,3,5,7-9,11H2,1-2H3. The van der Waals surface area contributed by atoms with E-state index >= 15 is 0 Å². The Kier molecular flexibility index (Phi) is 5.27. The average molecular weight is 299 g/mol. The van der Waals surface area contributed by atoms with Crippen molar-refractivity contribution in [3.8, 4) is 0 Å². The van der Waals surface area contributed by atoms with Crippen molar-refractivity contribution in [3.63, 3.8) is 0 Å². The Labute approximate surface area is 121 Å². The summed E-state index contributed by atoms with van der Waals surface area (Å²) in [5, 5.41) is 3.42. The third-order valence-electron chi connectivity index (χ3n) is 4.16. The number of hydrogen-bond acceptors (Lipinski definition) is 4. The van der Waals surface area contributed by atoms with Crippen LogP contribution in [0.4, 0.5) is 0 Å². The summed E-state index contributed by atoms with van der Waals surface area (Å²) in [4.78, 5) is 0. The lowest BCUT2D eigenvalue weighted by Crippen LogP contribution is -2.42. The zero-order chi connectivity index (χ0) is 14.6. The zero-order valence-corrected chi connectivity index (χ0v) is 13.2. The van der Waals surface area contributed by atoms with E-state index in [4.69, 9.17) is 4.42 Å². The van der Waals surface area contributed by atoms with E-state index in [9.17, 15) is 8.42 Å². The van der Waals surface area contributed by atoms with Crippen molar-refractivity contribution in [1.82, 2.24) is 5.32 Å². The van der Waals surface area contributed by atoms with Crippen molar-refractivity contribution in [3.05, 3.63) is 24.2 Å². The van der Waals surface area contributed by atoms with Gasteiger partial charge in [0, 0.05) is 24.8 Å². The molecule has 1 aliphatic carbocycles. The Bertz CT molecular complexity index is 495. The molecule has 0 spiro atoms. The molecule has 0 bridgehead atoms. The van der Waals surface area contributed by atoms with Gasteiger partial charge in [-0.3, -0.25) is 0 Å². The number of aryl methyl sites for hydroxylation is 1. The predicted molar refractivity (Wildman–Crippen MR) is 80.5 cm³/mol. The minimum Gasteiger partial charge on any atom is -0.469 e. The maximum absolute atomic E-state index is 11.7. The Morgan fingerprint density at radius 1 is 1.45 bits per heavy atom. The van der Waals surface area contributed by atoms with Crippen molar-refractivity contribution >= 4 is 9.84 Å². The first kappa shape index (κ1) is 15.6. The minimum absolute atomic E-state index is 0.161. The average Bonchev–Trinajstić information content (AvgIpc) is 2.89. The van der Waals surface area contributed by atoms with Crippen LogP contribution in [0.25, 0.3) is 0 Å². The van der Waals surface area contributed by atoms with Crippen molar-refractivity contribution in [1.29, 1.82) is 0 Å². The van der Waals surface area contributed by atoms with E-state index in [1.807, 2.05) is 12.1 Å². The monoisotopic (exact) mass is 299 g/mol. The Morgan fingerprint density at radius 3 is 2.90 bits per heavy atom. The lowest BCUT2D eigenvalue weighted by atomic mass is 9.94. The largest absolute Gasteiger partial charge is 0.469 e. The summed E-state index contributed by atoms with van der Waals surface area (Å²) in [5.41, 5.74) is 0. The van der Waals surface area contributed by atoms with E-state index in [0.717, 1.165) is 44.3 Å². The molecule has 1 aromatic rings. The van der Waals surface area contributed by atoms with Gasteiger partial charge in [0.05, 0.1) is 11.5 Å². The smallest absolute Gasteiger partial charge is 0.150 e. The van der Waals surface area contributed by atoms with Gasteiger partial charge in [0.25, 0.3) is 0 Å². The number of nitrogens with one attached hydrogen (secondary N) is 1. The summed E-state index contributed by atoms with van der Waals surface area (Å²) in [6.07, 6.45) is 8.64. The van der Waals surface area contributed by atoms with Gasteiger partial charge in [-0.05, 0) is 44.7 Å². The molecule has 1 fully saturated rings. The first-order valence-electron chi connectivity index (χ1n) is 7.42. The summed E-state index contributed by atoms with van der Waals surface area (Å²) >= 11 is 0. The van der Waals surface area contributed by atoms with Crippen LogP contribution in [0.5, 0.6) is 0 Å². The number of hydrogen-bond donors (Lipinski definition) is 1. The molecular formula is C15H25NO3S. The topological polar surface area (TPSA) is 59.3 Å². The van der Waals surface area contributed by atoms with Crippen LogP contribution >= 0.6 is 0 Å². The summed E-state index contributed by atoms with van der Waals surface area (Å²) < 4.78 is 28.6. The third-order valence-corrected chi connectivity index (χ3v) is 5.79. The van der Waals surface area contributed by atoms with Gasteiger partial charge < -0.3 is 9.73 Å². The van der Waals surface area contributed by atoms with Crippen LogP contribution in [0.3, 0.4) is 0 Å². The van der Waals surface area contributed by atoms with Crippen LogP contribution < -0.4 is 5.32 Å². The van der Waals surface area contributed by atoms with Gasteiger partial charge in [0.15, 0.2) is 0 Å². The fourth-order valence-corrected chi connectivity index (χ4v) is 4.16. The second-order valence-corrected chi connectivity index (χ2v) is 8.33. The lowest BCUT2D eigenvalue weighted by molar-refractivity contribution is 0.333. The van der Waals surface area contributed by atoms with E-state index in [1.54, 1.807) is 6.26 Å². The lowest BCUT2D eigenvalue weighted by Gasteiger charge is -2.31. The summed E-state index contributed by atoms with van der Waals surface area (Å²) in [6.45, 7) is 2.16. The zero-order valence-electron chi connectivity index (χ0n) is 12.3. The van der Waals surface area contributed by atoms with Crippen LogP contribution in [0.15, 0.2) is 22.8 Å². The third kappa shape index (κ3) is 4.63. The molecule has 0 radical (unpaired) electrons. The SMILES string of the molecule is CC(CCc1ccco1)NC1CCCC(S(C)(=O)=O)C1. The van der Waals surface area contributed by atoms with E-state index in [2.05, 4.69) is 12.2 Å². The summed E-state index contributed by atoms with van der Waals surface area (Å²) in [5.74, 6) is 1.01. The Hall–Kier alpha value is -0.810. The van der Waals surface area contributed by atoms with Gasteiger partial charge in [-0.1, -0.05) is 6.42 Å². The molecule has 1 heterocycles. The highest BCUT2D eigenvalue weighted by Crippen LogP contribution is 2.24. The van der Waals surface area contributed by atoms with Crippen molar-refractivity contribution in [2.45, 2.75) is 62.8 Å². The molecule has 0 saturated heterocycles. The first-order chi connectivity index (χ1) is 9.45. The minimum atomic E-state index is -2.90. The summed E-state index contributed by atoms with van der Waals surface area (Å²) in [6, 6.07) is 4.61. The second-order valence-electron chi connectivity index (χ2n) is 6.00. The maximum atomic E-state index is 11.7. The number of furan rings is 1. The highest BCUT2D eigenvalue weighted by atomic mass is 32.2. The van der Waals surface area contributed by atoms with Gasteiger partial charge in [-0.15, -0.1) is 0 Å². The van der Waals surface area contributed by atoms with Gasteiger partial charge >= 0.3 is 0 Å². The molecule has 0 aliphatic heterocycles. The van der Waals surface area contributed by atoms with E-state index in [-0.39, 0.29) is 5.25 Å². The molecule has 0 aromatic carbocycles. The van der Waals surface area contributed by atoms with E-state index in [0.29, 0.717) is 12.1 Å². The molecule has 1 aliphatic rings. The molecule has 1 aromatic heterocycles. The Balaban J connectivity index is 1.77. The van der Waals surface area contributed by atoms with E-state index in [1.165, 1.54) is 6.26 Å². The van der Waals surface area contributed by atoms with Crippen LogP contribution in [-0.4, -0.2) is 32.0 Å². The molecule has 1 N–H and O–H groups in total. The van der Waals surface area contributed by atoms with E-state index < -0.39 is 9.84 Å². The highest BCUT2D eigenvalue weighted by Gasteiger charge is 2.29. The van der Waals surface area contributed by atoms with Crippen LogP contribution in [0.1, 0.15) is 44.8 Å².